The molecular weight excluding hydrogens is 257 g/mol. The molecule has 6 heteroatoms. The van der Waals surface area contributed by atoms with E-state index in [9.17, 15) is 18.0 Å². The number of esters is 1. The summed E-state index contributed by atoms with van der Waals surface area (Å²) in [4.78, 5) is 11.7. The lowest BCUT2D eigenvalue weighted by Crippen LogP contribution is -2.47. The zero-order valence-electron chi connectivity index (χ0n) is 9.49. The Kier molecular flexibility index (Phi) is 5.10. The first-order chi connectivity index (χ1) is 7.94. The molecule has 0 bridgehead atoms. The molecule has 1 rings (SSSR count). The van der Waals surface area contributed by atoms with Crippen molar-refractivity contribution in [2.45, 2.75) is 44.7 Å². The van der Waals surface area contributed by atoms with Crippen LogP contribution in [0.15, 0.2) is 0 Å². The maximum Gasteiger partial charge on any atom is 0.404 e. The highest BCUT2D eigenvalue weighted by atomic mass is 35.5. The van der Waals surface area contributed by atoms with E-state index in [2.05, 4.69) is 0 Å². The molecule has 0 radical (unpaired) electrons. The first-order valence-corrected chi connectivity index (χ1v) is 6.27. The highest BCUT2D eigenvalue weighted by Gasteiger charge is 2.61. The van der Waals surface area contributed by atoms with Gasteiger partial charge in [0.05, 0.1) is 6.61 Å². The fourth-order valence-electron chi connectivity index (χ4n) is 2.12. The smallest absolute Gasteiger partial charge is 0.404 e. The van der Waals surface area contributed by atoms with Crippen LogP contribution in [0.3, 0.4) is 0 Å². The van der Waals surface area contributed by atoms with Crippen LogP contribution >= 0.6 is 11.6 Å². The Morgan fingerprint density at radius 2 is 1.82 bits per heavy atom. The maximum absolute atomic E-state index is 13.0. The molecule has 17 heavy (non-hydrogen) atoms. The van der Waals surface area contributed by atoms with Crippen LogP contribution in [-0.2, 0) is 9.53 Å². The van der Waals surface area contributed by atoms with E-state index in [-0.39, 0.29) is 25.3 Å². The van der Waals surface area contributed by atoms with Gasteiger partial charge in [0.1, 0.15) is 0 Å². The van der Waals surface area contributed by atoms with Gasteiger partial charge in [-0.3, -0.25) is 4.79 Å². The minimum Gasteiger partial charge on any atom is -0.465 e. The van der Waals surface area contributed by atoms with Crippen LogP contribution in [0.1, 0.15) is 38.5 Å². The molecule has 0 N–H and O–H groups in total. The largest absolute Gasteiger partial charge is 0.465 e. The Labute approximate surface area is 103 Å². The van der Waals surface area contributed by atoms with Crippen molar-refractivity contribution in [2.75, 3.05) is 12.5 Å². The van der Waals surface area contributed by atoms with E-state index in [0.29, 0.717) is 19.3 Å². The van der Waals surface area contributed by atoms with E-state index in [1.54, 1.807) is 0 Å². The third-order valence-corrected chi connectivity index (χ3v) is 3.42. The van der Waals surface area contributed by atoms with Crippen molar-refractivity contribution in [3.05, 3.63) is 0 Å². The molecule has 0 saturated heterocycles. The Morgan fingerprint density at radius 1 is 1.24 bits per heavy atom. The zero-order chi connectivity index (χ0) is 12.9. The molecule has 2 nitrogen and oxygen atoms in total. The summed E-state index contributed by atoms with van der Waals surface area (Å²) < 4.78 is 43.8. The van der Waals surface area contributed by atoms with Gasteiger partial charge in [-0.1, -0.05) is 19.3 Å². The summed E-state index contributed by atoms with van der Waals surface area (Å²) in [6.07, 6.45) is -2.87. The minimum atomic E-state index is -4.52. The number of rotatable bonds is 4. The number of alkyl halides is 4. The van der Waals surface area contributed by atoms with Crippen molar-refractivity contribution < 1.29 is 22.7 Å². The topological polar surface area (TPSA) is 26.3 Å². The van der Waals surface area contributed by atoms with Gasteiger partial charge in [-0.25, -0.2) is 0 Å². The molecule has 1 aliphatic rings. The Bertz CT molecular complexity index is 260. The Morgan fingerprint density at radius 3 is 2.29 bits per heavy atom. The third-order valence-electron chi connectivity index (χ3n) is 3.15. The van der Waals surface area contributed by atoms with Crippen molar-refractivity contribution in [3.63, 3.8) is 0 Å². The number of ether oxygens (including phenoxy) is 1. The summed E-state index contributed by atoms with van der Waals surface area (Å²) >= 11 is 5.38. The maximum atomic E-state index is 13.0. The lowest BCUT2D eigenvalue weighted by atomic mass is 9.73. The lowest BCUT2D eigenvalue weighted by molar-refractivity contribution is -0.242. The monoisotopic (exact) mass is 272 g/mol. The zero-order valence-corrected chi connectivity index (χ0v) is 10.2. The van der Waals surface area contributed by atoms with E-state index in [1.807, 2.05) is 0 Å². The number of halogens is 4. The van der Waals surface area contributed by atoms with Gasteiger partial charge in [-0.2, -0.15) is 13.2 Å². The molecule has 0 aromatic rings. The molecule has 1 fully saturated rings. The summed E-state index contributed by atoms with van der Waals surface area (Å²) in [5.74, 6) is -0.860. The molecule has 0 amide bonds. The van der Waals surface area contributed by atoms with Crippen molar-refractivity contribution in [1.29, 1.82) is 0 Å². The van der Waals surface area contributed by atoms with Crippen LogP contribution in [0, 0.1) is 5.41 Å². The molecule has 0 aliphatic heterocycles. The van der Waals surface area contributed by atoms with Gasteiger partial charge in [0.15, 0.2) is 5.41 Å². The summed E-state index contributed by atoms with van der Waals surface area (Å²) in [6.45, 7) is -0.0415. The predicted octanol–water partition coefficient (Wildman–Crippen LogP) is 3.67. The molecule has 0 heterocycles. The summed E-state index contributed by atoms with van der Waals surface area (Å²) in [7, 11) is 0. The molecule has 0 aromatic heterocycles. The van der Waals surface area contributed by atoms with Gasteiger partial charge in [-0.05, 0) is 19.3 Å². The summed E-state index contributed by atoms with van der Waals surface area (Å²) in [6, 6.07) is 0. The van der Waals surface area contributed by atoms with Crippen LogP contribution < -0.4 is 0 Å². The molecule has 1 saturated carbocycles. The second kappa shape index (κ2) is 5.94. The molecule has 0 atom stereocenters. The second-order valence-electron chi connectivity index (χ2n) is 4.32. The second-order valence-corrected chi connectivity index (χ2v) is 4.70. The van der Waals surface area contributed by atoms with E-state index >= 15 is 0 Å². The van der Waals surface area contributed by atoms with E-state index in [1.165, 1.54) is 0 Å². The van der Waals surface area contributed by atoms with Gasteiger partial charge in [0.2, 0.25) is 0 Å². The predicted molar refractivity (Wildman–Crippen MR) is 57.9 cm³/mol. The number of carbonyl (C=O) groups excluding carboxylic acids is 1. The fraction of sp³-hybridized carbons (Fsp3) is 0.909. The van der Waals surface area contributed by atoms with E-state index < -0.39 is 17.6 Å². The number of carbonyl (C=O) groups is 1. The van der Waals surface area contributed by atoms with E-state index in [4.69, 9.17) is 16.3 Å². The van der Waals surface area contributed by atoms with Gasteiger partial charge in [0.25, 0.3) is 0 Å². The van der Waals surface area contributed by atoms with Crippen molar-refractivity contribution in [2.24, 2.45) is 5.41 Å². The number of hydrogen-bond acceptors (Lipinski definition) is 2. The number of hydrogen-bond donors (Lipinski definition) is 0. The molecule has 0 spiro atoms. The average molecular weight is 273 g/mol. The average Bonchev–Trinajstić information content (AvgIpc) is 2.28. The molecule has 0 aromatic carbocycles. The van der Waals surface area contributed by atoms with Gasteiger partial charge < -0.3 is 4.74 Å². The summed E-state index contributed by atoms with van der Waals surface area (Å²) in [5, 5.41) is 0. The third kappa shape index (κ3) is 3.27. The van der Waals surface area contributed by atoms with Crippen LogP contribution in [0.5, 0.6) is 0 Å². The van der Waals surface area contributed by atoms with Crippen LogP contribution in [0.4, 0.5) is 13.2 Å². The minimum absolute atomic E-state index is 0.0415. The van der Waals surface area contributed by atoms with E-state index in [0.717, 1.165) is 6.42 Å². The fourth-order valence-corrected chi connectivity index (χ4v) is 2.23. The first kappa shape index (κ1) is 14.6. The Balaban J connectivity index is 2.72. The van der Waals surface area contributed by atoms with Crippen LogP contribution in [0.25, 0.3) is 0 Å². The molecule has 0 unspecified atom stereocenters. The SMILES string of the molecule is O=C(OCCCCl)C1(C(F)(F)F)CCCCC1. The van der Waals surface area contributed by atoms with Crippen LogP contribution in [-0.4, -0.2) is 24.6 Å². The first-order valence-electron chi connectivity index (χ1n) is 5.74. The highest BCUT2D eigenvalue weighted by Crippen LogP contribution is 2.49. The quantitative estimate of drug-likeness (QED) is 0.443. The molecular formula is C11H16ClF3O2. The summed E-state index contributed by atoms with van der Waals surface area (Å²) in [5.41, 5.74) is -2.28. The van der Waals surface area contributed by atoms with Crippen molar-refractivity contribution in [3.8, 4) is 0 Å². The lowest BCUT2D eigenvalue weighted by Gasteiger charge is -2.36. The molecule has 100 valence electrons. The Hall–Kier alpha value is -0.450. The van der Waals surface area contributed by atoms with Crippen molar-refractivity contribution in [1.82, 2.24) is 0 Å². The van der Waals surface area contributed by atoms with Gasteiger partial charge in [-0.15, -0.1) is 11.6 Å². The normalized spacial score (nSPS) is 20.0. The van der Waals surface area contributed by atoms with Gasteiger partial charge in [0, 0.05) is 5.88 Å². The van der Waals surface area contributed by atoms with Gasteiger partial charge >= 0.3 is 12.1 Å². The van der Waals surface area contributed by atoms with Crippen LogP contribution in [0.2, 0.25) is 0 Å². The standard InChI is InChI=1S/C11H16ClF3O2/c12-7-4-8-17-9(16)10(11(13,14)15)5-2-1-3-6-10/h1-8H2. The van der Waals surface area contributed by atoms with Crippen molar-refractivity contribution >= 4 is 17.6 Å². The molecule has 1 aliphatic carbocycles. The highest BCUT2D eigenvalue weighted by molar-refractivity contribution is 6.17.